The molecule has 0 saturated carbocycles. The van der Waals surface area contributed by atoms with Gasteiger partial charge in [0.2, 0.25) is 5.91 Å². The number of para-hydroxylation sites is 1. The number of nitrogens with one attached hydrogen (secondary N) is 2. The number of amides is 1. The Balaban J connectivity index is 0.000000584. The number of aliphatic carboxylic acids is 2. The Hall–Kier alpha value is -5.97. The summed E-state index contributed by atoms with van der Waals surface area (Å²) in [6.07, 6.45) is 2.25. The van der Waals surface area contributed by atoms with Crippen LogP contribution >= 0.6 is 0 Å². The van der Waals surface area contributed by atoms with Gasteiger partial charge in [-0.05, 0) is 63.5 Å². The summed E-state index contributed by atoms with van der Waals surface area (Å²) in [4.78, 5) is 38.4. The Morgan fingerprint density at radius 1 is 1.04 bits per heavy atom. The lowest BCUT2D eigenvalue weighted by molar-refractivity contribution is -0.152. The second kappa shape index (κ2) is 17.5. The molecule has 4 rings (SSSR count). The van der Waals surface area contributed by atoms with Crippen LogP contribution in [0.4, 0.5) is 17.1 Å². The lowest BCUT2D eigenvalue weighted by Crippen LogP contribution is -2.22. The summed E-state index contributed by atoms with van der Waals surface area (Å²) in [6.45, 7) is 2.93. The highest BCUT2D eigenvalue weighted by Crippen LogP contribution is 2.36. The molecule has 5 N–H and O–H groups in total. The number of rotatable bonds is 13. The number of carboxylic acids is 2. The van der Waals surface area contributed by atoms with Gasteiger partial charge in [-0.3, -0.25) is 14.6 Å². The number of carbonyl (C=O) groups is 3. The maximum absolute atomic E-state index is 12.6. The minimum atomic E-state index is -1.79. The van der Waals surface area contributed by atoms with Gasteiger partial charge in [0, 0.05) is 36.0 Å². The van der Waals surface area contributed by atoms with E-state index in [4.69, 9.17) is 24.8 Å². The first kappa shape index (κ1) is 35.5. The number of nitriles is 1. The fourth-order valence-electron chi connectivity index (χ4n) is 3.98. The number of aromatic nitrogens is 1. The van der Waals surface area contributed by atoms with Crippen LogP contribution in [0.1, 0.15) is 18.9 Å². The van der Waals surface area contributed by atoms with Crippen LogP contribution in [-0.2, 0) is 14.4 Å². The van der Waals surface area contributed by atoms with Gasteiger partial charge < -0.3 is 40.3 Å². The van der Waals surface area contributed by atoms with Gasteiger partial charge in [-0.25, -0.2) is 4.79 Å². The van der Waals surface area contributed by atoms with Gasteiger partial charge in [0.1, 0.15) is 23.3 Å². The van der Waals surface area contributed by atoms with Crippen LogP contribution in [0.25, 0.3) is 10.9 Å². The molecule has 1 aromatic heterocycles. The molecule has 0 aliphatic rings. The number of carbonyl (C=O) groups excluding carboxylic acids is 1. The molecular weight excluding hydrogens is 606 g/mol. The van der Waals surface area contributed by atoms with E-state index < -0.39 is 24.5 Å². The van der Waals surface area contributed by atoms with E-state index in [2.05, 4.69) is 21.7 Å². The third kappa shape index (κ3) is 11.2. The molecule has 0 saturated heterocycles. The molecule has 0 aliphatic heterocycles. The number of fused-ring (bicyclic) bond motifs is 1. The molecule has 0 aliphatic carbocycles. The van der Waals surface area contributed by atoms with Crippen LogP contribution in [0.15, 0.2) is 85.1 Å². The number of carboxylic acid groups (broad SMARTS) is 2. The largest absolute Gasteiger partial charge is 0.492 e. The van der Waals surface area contributed by atoms with Crippen molar-refractivity contribution in [1.29, 1.82) is 5.26 Å². The van der Waals surface area contributed by atoms with Crippen LogP contribution in [0.2, 0.25) is 0 Å². The van der Waals surface area contributed by atoms with Crippen molar-refractivity contribution in [3.63, 3.8) is 0 Å². The highest BCUT2D eigenvalue weighted by molar-refractivity contribution is 6.04. The molecule has 47 heavy (non-hydrogen) atoms. The fourth-order valence-corrected chi connectivity index (χ4v) is 3.98. The van der Waals surface area contributed by atoms with Crippen molar-refractivity contribution in [3.8, 4) is 23.3 Å². The second-order valence-electron chi connectivity index (χ2n) is 10.1. The van der Waals surface area contributed by atoms with Crippen molar-refractivity contribution in [2.24, 2.45) is 0 Å². The summed E-state index contributed by atoms with van der Waals surface area (Å²) in [7, 11) is 3.86. The predicted octanol–water partition coefficient (Wildman–Crippen LogP) is 5.00. The van der Waals surface area contributed by atoms with Gasteiger partial charge >= 0.3 is 11.9 Å². The molecule has 3 aromatic carbocycles. The lowest BCUT2D eigenvalue weighted by atomic mass is 10.1. The van der Waals surface area contributed by atoms with Crippen LogP contribution in [0.3, 0.4) is 0 Å². The minimum Gasteiger partial charge on any atom is -0.492 e. The first-order valence-corrected chi connectivity index (χ1v) is 14.3. The summed E-state index contributed by atoms with van der Waals surface area (Å²) < 4.78 is 11.7. The number of aliphatic hydroxyl groups excluding tert-OH is 1. The predicted molar refractivity (Wildman–Crippen MR) is 176 cm³/mol. The molecule has 1 atom stereocenters. The Labute approximate surface area is 271 Å². The molecule has 244 valence electrons. The molecule has 0 spiro atoms. The van der Waals surface area contributed by atoms with Crippen molar-refractivity contribution < 1.29 is 39.2 Å². The zero-order chi connectivity index (χ0) is 34.3. The number of pyridine rings is 1. The average Bonchev–Trinajstić information content (AvgIpc) is 3.03. The Morgan fingerprint density at radius 3 is 2.30 bits per heavy atom. The van der Waals surface area contributed by atoms with E-state index in [9.17, 15) is 19.6 Å². The van der Waals surface area contributed by atoms with Crippen LogP contribution in [-0.4, -0.2) is 76.4 Å². The number of nitrogens with zero attached hydrogens (tertiary/aromatic N) is 3. The molecule has 1 heterocycles. The van der Waals surface area contributed by atoms with E-state index in [1.807, 2.05) is 80.5 Å². The number of ether oxygens (including phenoxy) is 2. The lowest BCUT2D eigenvalue weighted by Gasteiger charge is -2.16. The molecule has 13 nitrogen and oxygen atoms in total. The number of likely N-dealkylation sites (N-methyl/N-ethyl adjacent to an activating group) is 1. The van der Waals surface area contributed by atoms with Crippen molar-refractivity contribution in [2.45, 2.75) is 19.4 Å². The first-order valence-electron chi connectivity index (χ1n) is 14.3. The number of hydrogen-bond acceptors (Lipinski definition) is 10. The van der Waals surface area contributed by atoms with Crippen LogP contribution < -0.4 is 20.1 Å². The second-order valence-corrected chi connectivity index (χ2v) is 10.1. The van der Waals surface area contributed by atoms with E-state index in [0.29, 0.717) is 52.5 Å². The summed E-state index contributed by atoms with van der Waals surface area (Å²) in [6, 6.07) is 22.7. The summed E-state index contributed by atoms with van der Waals surface area (Å²) >= 11 is 0. The number of benzene rings is 3. The number of aliphatic hydroxyl groups is 1. The van der Waals surface area contributed by atoms with E-state index in [0.717, 1.165) is 11.4 Å². The van der Waals surface area contributed by atoms with Crippen molar-refractivity contribution in [2.75, 3.05) is 37.9 Å². The molecule has 13 heteroatoms. The fraction of sp³-hybridized carbons (Fsp3) is 0.206. The average molecular weight is 642 g/mol. The Morgan fingerprint density at radius 2 is 1.72 bits per heavy atom. The number of hydrogen-bond donors (Lipinski definition) is 5. The molecule has 0 fully saturated rings. The summed E-state index contributed by atoms with van der Waals surface area (Å²) in [5.41, 5.74) is 2.83. The van der Waals surface area contributed by atoms with Crippen LogP contribution in [0.5, 0.6) is 17.2 Å². The monoisotopic (exact) mass is 641 g/mol. The van der Waals surface area contributed by atoms with E-state index >= 15 is 0 Å². The molecular formula is C34H35N5O8. The van der Waals surface area contributed by atoms with Crippen molar-refractivity contribution in [3.05, 3.63) is 90.6 Å². The quantitative estimate of drug-likeness (QED) is 0.123. The highest BCUT2D eigenvalue weighted by Gasteiger charge is 2.17. The van der Waals surface area contributed by atoms with Gasteiger partial charge in [0.25, 0.3) is 0 Å². The summed E-state index contributed by atoms with van der Waals surface area (Å²) in [5, 5.41) is 40.9. The van der Waals surface area contributed by atoms with E-state index in [1.54, 1.807) is 18.2 Å². The molecule has 1 amide bonds. The Kier molecular flexibility index (Phi) is 13.2. The SMILES string of the molecule is CCOc1cc2ncc(C#N)c(Nc3ccc(Oc4ccccc4)cc3)c2cc1NC(=O)/C=C/CN(C)C.O=C(O)CC(O)C(=O)O. The highest BCUT2D eigenvalue weighted by atomic mass is 16.5. The van der Waals surface area contributed by atoms with Gasteiger partial charge in [0.15, 0.2) is 6.10 Å². The van der Waals surface area contributed by atoms with Gasteiger partial charge in [-0.1, -0.05) is 24.3 Å². The molecule has 0 radical (unpaired) electrons. The van der Waals surface area contributed by atoms with Crippen LogP contribution in [0, 0.1) is 11.3 Å². The maximum atomic E-state index is 12.6. The third-order valence-electron chi connectivity index (χ3n) is 6.14. The topological polar surface area (TPSA) is 194 Å². The van der Waals surface area contributed by atoms with Crippen molar-refractivity contribution in [1.82, 2.24) is 9.88 Å². The smallest absolute Gasteiger partial charge is 0.333 e. The molecule has 1 unspecified atom stereocenters. The standard InChI is InChI=1S/C30H29N5O3.C4H6O5/c1-4-37-28-18-26-25(17-27(28)34-29(36)11-8-16-35(2)3)30(21(19-31)20-32-26)33-22-12-14-24(15-13-22)38-23-9-6-5-7-10-23;5-2(4(8)9)1-3(6)7/h5-15,17-18,20H,4,16H2,1-3H3,(H,32,33)(H,34,36);2,5H,1H2,(H,6,7)(H,8,9)/b11-8+;. The van der Waals surface area contributed by atoms with Gasteiger partial charge in [-0.2, -0.15) is 5.26 Å². The van der Waals surface area contributed by atoms with E-state index in [1.165, 1.54) is 12.3 Å². The minimum absolute atomic E-state index is 0.278. The number of anilines is 3. The van der Waals surface area contributed by atoms with E-state index in [-0.39, 0.29) is 5.91 Å². The van der Waals surface area contributed by atoms with Gasteiger partial charge in [0.05, 0.1) is 35.5 Å². The summed E-state index contributed by atoms with van der Waals surface area (Å²) in [5.74, 6) is -1.19. The maximum Gasteiger partial charge on any atom is 0.333 e. The normalized spacial score (nSPS) is 11.2. The van der Waals surface area contributed by atoms with Crippen molar-refractivity contribution >= 4 is 45.8 Å². The molecule has 4 aromatic rings. The third-order valence-corrected chi connectivity index (χ3v) is 6.14. The first-order chi connectivity index (χ1) is 22.5. The van der Waals surface area contributed by atoms with Gasteiger partial charge in [-0.15, -0.1) is 0 Å². The Bertz CT molecular complexity index is 1750. The zero-order valence-electron chi connectivity index (χ0n) is 26.0. The molecule has 0 bridgehead atoms. The zero-order valence-corrected chi connectivity index (χ0v) is 26.0.